The second-order valence-electron chi connectivity index (χ2n) is 5.85. The van der Waals surface area contributed by atoms with E-state index in [0.29, 0.717) is 10.7 Å². The number of rotatable bonds is 4. The van der Waals surface area contributed by atoms with Crippen molar-refractivity contribution < 1.29 is 4.79 Å². The molecule has 0 bridgehead atoms. The van der Waals surface area contributed by atoms with Crippen LogP contribution in [0.5, 0.6) is 0 Å². The van der Waals surface area contributed by atoms with Gasteiger partial charge in [-0.15, -0.1) is 11.3 Å². The predicted octanol–water partition coefficient (Wildman–Crippen LogP) is 4.96. The van der Waals surface area contributed by atoms with Gasteiger partial charge in [-0.25, -0.2) is 4.98 Å². The summed E-state index contributed by atoms with van der Waals surface area (Å²) in [6.07, 6.45) is 3.62. The molecule has 0 aliphatic rings. The first kappa shape index (κ1) is 15.6. The molecule has 2 aromatic heterocycles. The van der Waals surface area contributed by atoms with E-state index in [1.165, 1.54) is 16.9 Å². The van der Waals surface area contributed by atoms with Gasteiger partial charge >= 0.3 is 0 Å². The lowest BCUT2D eigenvalue weighted by molar-refractivity contribution is 0.102. The van der Waals surface area contributed by atoms with E-state index in [0.717, 1.165) is 10.9 Å². The van der Waals surface area contributed by atoms with Gasteiger partial charge in [0.05, 0.1) is 11.6 Å². The molecule has 0 saturated heterocycles. The fourth-order valence-electron chi connectivity index (χ4n) is 3.05. The van der Waals surface area contributed by atoms with E-state index in [1.807, 2.05) is 48.0 Å². The smallest absolute Gasteiger partial charge is 0.259 e. The maximum atomic E-state index is 12.7. The Balaban J connectivity index is 1.77. The van der Waals surface area contributed by atoms with Crippen molar-refractivity contribution in [2.24, 2.45) is 0 Å². The van der Waals surface area contributed by atoms with Gasteiger partial charge in [-0.2, -0.15) is 0 Å². The lowest BCUT2D eigenvalue weighted by Crippen LogP contribution is -2.11. The van der Waals surface area contributed by atoms with E-state index in [-0.39, 0.29) is 11.9 Å². The first-order valence-electron chi connectivity index (χ1n) is 8.09. The van der Waals surface area contributed by atoms with E-state index < -0.39 is 0 Å². The van der Waals surface area contributed by atoms with E-state index in [2.05, 4.69) is 40.0 Å². The van der Waals surface area contributed by atoms with Gasteiger partial charge < -0.3 is 4.57 Å². The number of carbonyl (C=O) groups is 1. The summed E-state index contributed by atoms with van der Waals surface area (Å²) in [6, 6.07) is 18.4. The average Bonchev–Trinajstić information content (AvgIpc) is 3.29. The summed E-state index contributed by atoms with van der Waals surface area (Å²) in [5.41, 5.74) is 2.91. The summed E-state index contributed by atoms with van der Waals surface area (Å²) >= 11 is 1.41. The number of thiazole rings is 1. The molecule has 0 saturated carbocycles. The zero-order valence-corrected chi connectivity index (χ0v) is 14.5. The number of benzene rings is 2. The highest BCUT2D eigenvalue weighted by Crippen LogP contribution is 2.28. The number of amides is 1. The van der Waals surface area contributed by atoms with Gasteiger partial charge in [0.2, 0.25) is 0 Å². The van der Waals surface area contributed by atoms with Gasteiger partial charge in [-0.3, -0.25) is 10.1 Å². The van der Waals surface area contributed by atoms with Crippen molar-refractivity contribution in [2.45, 2.75) is 13.0 Å². The molecule has 5 heteroatoms. The molecule has 0 fully saturated rings. The van der Waals surface area contributed by atoms with Crippen LogP contribution in [-0.2, 0) is 0 Å². The van der Waals surface area contributed by atoms with Crippen LogP contribution in [0.2, 0.25) is 0 Å². The monoisotopic (exact) mass is 347 g/mol. The predicted molar refractivity (Wildman–Crippen MR) is 102 cm³/mol. The van der Waals surface area contributed by atoms with Gasteiger partial charge in [-0.1, -0.05) is 48.5 Å². The second kappa shape index (κ2) is 6.53. The van der Waals surface area contributed by atoms with Crippen LogP contribution < -0.4 is 5.32 Å². The highest BCUT2D eigenvalue weighted by atomic mass is 32.1. The Kier molecular flexibility index (Phi) is 4.07. The van der Waals surface area contributed by atoms with Crippen LogP contribution in [0.4, 0.5) is 5.13 Å². The van der Waals surface area contributed by atoms with Crippen molar-refractivity contribution in [1.82, 2.24) is 9.55 Å². The molecule has 0 aliphatic carbocycles. The number of fused-ring (bicyclic) bond motifs is 1. The first-order chi connectivity index (χ1) is 12.2. The van der Waals surface area contributed by atoms with E-state index in [4.69, 9.17) is 0 Å². The third-order valence-electron chi connectivity index (χ3n) is 4.34. The summed E-state index contributed by atoms with van der Waals surface area (Å²) < 4.78 is 2.15. The molecule has 4 rings (SSSR count). The molecule has 0 aliphatic heterocycles. The van der Waals surface area contributed by atoms with E-state index in [9.17, 15) is 4.79 Å². The van der Waals surface area contributed by atoms with E-state index >= 15 is 0 Å². The highest BCUT2D eigenvalue weighted by Gasteiger charge is 2.18. The Hall–Kier alpha value is -2.92. The van der Waals surface area contributed by atoms with Crippen LogP contribution in [-0.4, -0.2) is 15.5 Å². The normalized spacial score (nSPS) is 12.2. The number of para-hydroxylation sites is 1. The molecule has 0 spiro atoms. The molecule has 4 aromatic rings. The number of anilines is 1. The minimum atomic E-state index is -0.134. The van der Waals surface area contributed by atoms with Gasteiger partial charge in [0.1, 0.15) is 0 Å². The molecule has 1 amide bonds. The SMILES string of the molecule is CC(c1ccccc1)n1cc(C(=O)Nc2nccs2)c2ccccc21. The third kappa shape index (κ3) is 2.94. The molecule has 25 heavy (non-hydrogen) atoms. The molecule has 4 nitrogen and oxygen atoms in total. The minimum Gasteiger partial charge on any atom is -0.339 e. The molecule has 1 atom stereocenters. The Morgan fingerprint density at radius 1 is 1.12 bits per heavy atom. The molecule has 2 heterocycles. The van der Waals surface area contributed by atoms with Crippen LogP contribution in [0, 0.1) is 0 Å². The maximum Gasteiger partial charge on any atom is 0.259 e. The fourth-order valence-corrected chi connectivity index (χ4v) is 3.57. The van der Waals surface area contributed by atoms with Gasteiger partial charge in [-0.05, 0) is 18.6 Å². The number of hydrogen-bond donors (Lipinski definition) is 1. The molecule has 124 valence electrons. The largest absolute Gasteiger partial charge is 0.339 e. The quantitative estimate of drug-likeness (QED) is 0.567. The fraction of sp³-hybridized carbons (Fsp3) is 0.100. The Morgan fingerprint density at radius 2 is 1.88 bits per heavy atom. The Bertz CT molecular complexity index is 1010. The van der Waals surface area contributed by atoms with Crippen LogP contribution >= 0.6 is 11.3 Å². The number of hydrogen-bond acceptors (Lipinski definition) is 3. The zero-order chi connectivity index (χ0) is 17.2. The molecular formula is C20H17N3OS. The molecule has 1 N–H and O–H groups in total. The van der Waals surface area contributed by atoms with Crippen molar-refractivity contribution in [3.63, 3.8) is 0 Å². The van der Waals surface area contributed by atoms with Crippen molar-refractivity contribution >= 4 is 33.3 Å². The summed E-state index contributed by atoms with van der Waals surface area (Å²) in [7, 11) is 0. The van der Waals surface area contributed by atoms with Gasteiger partial charge in [0, 0.05) is 28.7 Å². The maximum absolute atomic E-state index is 12.7. The van der Waals surface area contributed by atoms with Crippen LogP contribution in [0.25, 0.3) is 10.9 Å². The highest BCUT2D eigenvalue weighted by molar-refractivity contribution is 7.13. The number of nitrogens with zero attached hydrogens (tertiary/aromatic N) is 2. The van der Waals surface area contributed by atoms with Crippen LogP contribution in [0.15, 0.2) is 72.4 Å². The molecule has 2 aromatic carbocycles. The average molecular weight is 347 g/mol. The Labute approximate surface area is 149 Å². The van der Waals surface area contributed by atoms with Crippen molar-refractivity contribution in [3.05, 3.63) is 83.5 Å². The minimum absolute atomic E-state index is 0.132. The van der Waals surface area contributed by atoms with Crippen LogP contribution in [0.1, 0.15) is 28.9 Å². The molecule has 1 unspecified atom stereocenters. The summed E-state index contributed by atoms with van der Waals surface area (Å²) in [5, 5.41) is 6.27. The summed E-state index contributed by atoms with van der Waals surface area (Å²) in [5.74, 6) is -0.134. The number of aromatic nitrogens is 2. The van der Waals surface area contributed by atoms with Crippen LogP contribution in [0.3, 0.4) is 0 Å². The van der Waals surface area contributed by atoms with Crippen molar-refractivity contribution in [3.8, 4) is 0 Å². The van der Waals surface area contributed by atoms with Gasteiger partial charge in [0.15, 0.2) is 5.13 Å². The number of nitrogens with one attached hydrogen (secondary N) is 1. The van der Waals surface area contributed by atoms with Crippen molar-refractivity contribution in [1.29, 1.82) is 0 Å². The second-order valence-corrected chi connectivity index (χ2v) is 6.74. The lowest BCUT2D eigenvalue weighted by atomic mass is 10.1. The molecular weight excluding hydrogens is 330 g/mol. The third-order valence-corrected chi connectivity index (χ3v) is 5.03. The zero-order valence-electron chi connectivity index (χ0n) is 13.7. The Morgan fingerprint density at radius 3 is 2.64 bits per heavy atom. The topological polar surface area (TPSA) is 46.9 Å². The van der Waals surface area contributed by atoms with Gasteiger partial charge in [0.25, 0.3) is 5.91 Å². The summed E-state index contributed by atoms with van der Waals surface area (Å²) in [4.78, 5) is 16.9. The molecule has 0 radical (unpaired) electrons. The van der Waals surface area contributed by atoms with Crippen molar-refractivity contribution in [2.75, 3.05) is 5.32 Å². The standard InChI is InChI=1S/C20H17N3OS/c1-14(15-7-3-2-4-8-15)23-13-17(16-9-5-6-10-18(16)23)19(24)22-20-21-11-12-25-20/h2-14H,1H3,(H,21,22,24). The van der Waals surface area contributed by atoms with E-state index in [1.54, 1.807) is 6.20 Å². The first-order valence-corrected chi connectivity index (χ1v) is 8.97. The lowest BCUT2D eigenvalue weighted by Gasteiger charge is -2.15. The summed E-state index contributed by atoms with van der Waals surface area (Å²) in [6.45, 7) is 2.14. The number of carbonyl (C=O) groups excluding carboxylic acids is 1.